The van der Waals surface area contributed by atoms with Crippen LogP contribution in [-0.4, -0.2) is 23.2 Å². The van der Waals surface area contributed by atoms with Gasteiger partial charge in [-0.05, 0) is 36.8 Å². The highest BCUT2D eigenvalue weighted by atomic mass is 19.4. The first-order valence-electron chi connectivity index (χ1n) is 6.33. The predicted molar refractivity (Wildman–Crippen MR) is 65.7 cm³/mol. The lowest BCUT2D eigenvalue weighted by molar-refractivity contribution is -0.137. The lowest BCUT2D eigenvalue weighted by atomic mass is 9.67. The van der Waals surface area contributed by atoms with Crippen LogP contribution in [0.4, 0.5) is 19.0 Å². The lowest BCUT2D eigenvalue weighted by Crippen LogP contribution is -2.37. The minimum atomic E-state index is -4.35. The average Bonchev–Trinajstić information content (AvgIpc) is 2.32. The second kappa shape index (κ2) is 5.36. The van der Waals surface area contributed by atoms with E-state index in [4.69, 9.17) is 5.11 Å². The third-order valence-corrected chi connectivity index (χ3v) is 3.79. The van der Waals surface area contributed by atoms with Crippen molar-refractivity contribution < 1.29 is 18.3 Å². The molecule has 0 amide bonds. The van der Waals surface area contributed by atoms with E-state index in [1.807, 2.05) is 0 Å². The van der Waals surface area contributed by atoms with Gasteiger partial charge in [0, 0.05) is 19.3 Å². The maximum absolute atomic E-state index is 12.6. The SMILES string of the molecule is OCCC1(CNc2cc(C(F)(F)F)ccn2)CCC1. The van der Waals surface area contributed by atoms with Gasteiger partial charge in [0.15, 0.2) is 0 Å². The molecule has 1 aliphatic carbocycles. The molecule has 106 valence electrons. The molecule has 19 heavy (non-hydrogen) atoms. The Bertz CT molecular complexity index is 430. The quantitative estimate of drug-likeness (QED) is 0.867. The van der Waals surface area contributed by atoms with Crippen LogP contribution >= 0.6 is 0 Å². The van der Waals surface area contributed by atoms with Crippen molar-refractivity contribution in [1.29, 1.82) is 0 Å². The van der Waals surface area contributed by atoms with Crippen molar-refractivity contribution in [3.05, 3.63) is 23.9 Å². The molecule has 0 unspecified atom stereocenters. The zero-order valence-electron chi connectivity index (χ0n) is 10.5. The number of alkyl halides is 3. The topological polar surface area (TPSA) is 45.1 Å². The third kappa shape index (κ3) is 3.37. The highest BCUT2D eigenvalue weighted by Gasteiger charge is 2.36. The number of hydrogen-bond donors (Lipinski definition) is 2. The fraction of sp³-hybridized carbons (Fsp3) is 0.615. The highest BCUT2D eigenvalue weighted by Crippen LogP contribution is 2.43. The second-order valence-corrected chi connectivity index (χ2v) is 5.11. The van der Waals surface area contributed by atoms with E-state index in [9.17, 15) is 13.2 Å². The van der Waals surface area contributed by atoms with E-state index in [-0.39, 0.29) is 17.8 Å². The predicted octanol–water partition coefficient (Wildman–Crippen LogP) is 3.07. The van der Waals surface area contributed by atoms with E-state index in [0.717, 1.165) is 37.6 Å². The van der Waals surface area contributed by atoms with E-state index in [0.29, 0.717) is 13.0 Å². The Kier molecular flexibility index (Phi) is 3.99. The van der Waals surface area contributed by atoms with Crippen molar-refractivity contribution in [1.82, 2.24) is 4.98 Å². The Hall–Kier alpha value is -1.30. The smallest absolute Gasteiger partial charge is 0.396 e. The van der Waals surface area contributed by atoms with Crippen LogP contribution in [0.3, 0.4) is 0 Å². The number of nitrogens with zero attached hydrogens (tertiary/aromatic N) is 1. The van der Waals surface area contributed by atoms with Crippen LogP contribution in [0.1, 0.15) is 31.2 Å². The standard InChI is InChI=1S/C13H17F3N2O/c14-13(15,16)10-2-6-17-11(8-10)18-9-12(5-7-19)3-1-4-12/h2,6,8,19H,1,3-5,7,9H2,(H,17,18). The summed E-state index contributed by atoms with van der Waals surface area (Å²) in [4.78, 5) is 3.90. The van der Waals surface area contributed by atoms with Crippen LogP contribution in [0.25, 0.3) is 0 Å². The summed E-state index contributed by atoms with van der Waals surface area (Å²) in [6.07, 6.45) is 0.596. The lowest BCUT2D eigenvalue weighted by Gasteiger charge is -2.42. The molecular weight excluding hydrogens is 257 g/mol. The highest BCUT2D eigenvalue weighted by molar-refractivity contribution is 5.38. The van der Waals surface area contributed by atoms with E-state index in [1.165, 1.54) is 0 Å². The zero-order chi connectivity index (χ0) is 13.9. The van der Waals surface area contributed by atoms with Crippen LogP contribution in [0.5, 0.6) is 0 Å². The number of halogens is 3. The van der Waals surface area contributed by atoms with Gasteiger partial charge in [0.25, 0.3) is 0 Å². The minimum absolute atomic E-state index is 0.0185. The van der Waals surface area contributed by atoms with Crippen molar-refractivity contribution in [3.63, 3.8) is 0 Å². The van der Waals surface area contributed by atoms with Crippen molar-refractivity contribution >= 4 is 5.82 Å². The molecule has 1 aromatic rings. The van der Waals surface area contributed by atoms with Gasteiger partial charge in [0.1, 0.15) is 5.82 Å². The summed E-state index contributed by atoms with van der Waals surface area (Å²) in [5.41, 5.74) is -0.681. The fourth-order valence-corrected chi connectivity index (χ4v) is 2.41. The molecule has 0 bridgehead atoms. The maximum Gasteiger partial charge on any atom is 0.416 e. The molecule has 0 spiro atoms. The number of rotatable bonds is 5. The van der Waals surface area contributed by atoms with Gasteiger partial charge in [0.2, 0.25) is 0 Å². The molecule has 0 aliphatic heterocycles. The number of aromatic nitrogens is 1. The Labute approximate surface area is 109 Å². The van der Waals surface area contributed by atoms with Gasteiger partial charge < -0.3 is 10.4 Å². The van der Waals surface area contributed by atoms with E-state index >= 15 is 0 Å². The molecule has 2 rings (SSSR count). The van der Waals surface area contributed by atoms with E-state index in [2.05, 4.69) is 10.3 Å². The molecule has 1 aromatic heterocycles. The Balaban J connectivity index is 2.00. The molecule has 1 fully saturated rings. The first-order valence-corrected chi connectivity index (χ1v) is 6.33. The van der Waals surface area contributed by atoms with Crippen LogP contribution in [0.15, 0.2) is 18.3 Å². The number of pyridine rings is 1. The second-order valence-electron chi connectivity index (χ2n) is 5.11. The third-order valence-electron chi connectivity index (χ3n) is 3.79. The molecule has 0 atom stereocenters. The van der Waals surface area contributed by atoms with Crippen LogP contribution in [0.2, 0.25) is 0 Å². The Morgan fingerprint density at radius 2 is 2.11 bits per heavy atom. The van der Waals surface area contributed by atoms with Crippen molar-refractivity contribution in [2.45, 2.75) is 31.9 Å². The van der Waals surface area contributed by atoms with Gasteiger partial charge in [-0.1, -0.05) is 6.42 Å². The number of hydrogen-bond acceptors (Lipinski definition) is 3. The number of aliphatic hydroxyl groups is 1. The zero-order valence-corrected chi connectivity index (χ0v) is 10.5. The molecule has 1 saturated carbocycles. The molecular formula is C13H17F3N2O. The summed E-state index contributed by atoms with van der Waals surface area (Å²) in [7, 11) is 0. The summed E-state index contributed by atoms with van der Waals surface area (Å²) in [5, 5.41) is 12.0. The molecule has 0 saturated heterocycles. The van der Waals surface area contributed by atoms with Crippen LogP contribution in [-0.2, 0) is 6.18 Å². The summed E-state index contributed by atoms with van der Waals surface area (Å²) in [5.74, 6) is 0.235. The van der Waals surface area contributed by atoms with E-state index < -0.39 is 11.7 Å². The number of anilines is 1. The molecule has 2 N–H and O–H groups in total. The van der Waals surface area contributed by atoms with Crippen LogP contribution < -0.4 is 5.32 Å². The van der Waals surface area contributed by atoms with Gasteiger partial charge in [-0.15, -0.1) is 0 Å². The fourth-order valence-electron chi connectivity index (χ4n) is 2.41. The molecule has 3 nitrogen and oxygen atoms in total. The van der Waals surface area contributed by atoms with Gasteiger partial charge in [-0.2, -0.15) is 13.2 Å². The van der Waals surface area contributed by atoms with Gasteiger partial charge in [-0.25, -0.2) is 4.98 Å². The van der Waals surface area contributed by atoms with Gasteiger partial charge >= 0.3 is 6.18 Å². The van der Waals surface area contributed by atoms with Gasteiger partial charge in [-0.3, -0.25) is 0 Å². The molecule has 6 heteroatoms. The first-order chi connectivity index (χ1) is 8.95. The molecule has 0 radical (unpaired) electrons. The van der Waals surface area contributed by atoms with Crippen molar-refractivity contribution in [2.24, 2.45) is 5.41 Å². The van der Waals surface area contributed by atoms with E-state index in [1.54, 1.807) is 0 Å². The maximum atomic E-state index is 12.6. The van der Waals surface area contributed by atoms with Crippen molar-refractivity contribution in [2.75, 3.05) is 18.5 Å². The van der Waals surface area contributed by atoms with Crippen molar-refractivity contribution in [3.8, 4) is 0 Å². The molecule has 0 aromatic carbocycles. The normalized spacial score (nSPS) is 17.9. The van der Waals surface area contributed by atoms with Gasteiger partial charge in [0.05, 0.1) is 5.56 Å². The first kappa shape index (κ1) is 14.1. The summed E-state index contributed by atoms with van der Waals surface area (Å²) < 4.78 is 37.7. The molecule has 1 aliphatic rings. The minimum Gasteiger partial charge on any atom is -0.396 e. The average molecular weight is 274 g/mol. The Morgan fingerprint density at radius 3 is 2.63 bits per heavy atom. The van der Waals surface area contributed by atoms with Crippen LogP contribution in [0, 0.1) is 5.41 Å². The summed E-state index contributed by atoms with van der Waals surface area (Å²) in [6, 6.07) is 1.98. The monoisotopic (exact) mass is 274 g/mol. The number of aliphatic hydroxyl groups excluding tert-OH is 1. The largest absolute Gasteiger partial charge is 0.416 e. The summed E-state index contributed by atoms with van der Waals surface area (Å²) >= 11 is 0. The number of nitrogens with one attached hydrogen (secondary N) is 1. The Morgan fingerprint density at radius 1 is 1.37 bits per heavy atom. The summed E-state index contributed by atoms with van der Waals surface area (Å²) in [6.45, 7) is 0.666. The molecule has 1 heterocycles.